The van der Waals surface area contributed by atoms with E-state index < -0.39 is 11.9 Å². The molecule has 0 aliphatic heterocycles. The Morgan fingerprint density at radius 1 is 0.930 bits per heavy atom. The van der Waals surface area contributed by atoms with Gasteiger partial charge in [-0.3, -0.25) is 4.79 Å². The largest absolute Gasteiger partial charge is 0.497 e. The quantitative estimate of drug-likeness (QED) is 0.0709. The molecule has 0 aliphatic rings. The van der Waals surface area contributed by atoms with E-state index in [-0.39, 0.29) is 11.4 Å². The molecule has 1 heterocycles. The Labute approximate surface area is 276 Å². The molecule has 0 unspecified atom stereocenters. The molecule has 4 aromatic carbocycles. The van der Waals surface area contributed by atoms with E-state index in [9.17, 15) is 9.59 Å². The van der Waals surface area contributed by atoms with Crippen LogP contribution in [0.2, 0.25) is 5.02 Å². The molecule has 218 valence electrons. The monoisotopic (exact) mass is 787 g/mol. The summed E-state index contributed by atoms with van der Waals surface area (Å²) in [7, 11) is 3.10. The van der Waals surface area contributed by atoms with Crippen LogP contribution >= 0.6 is 59.4 Å². The number of hydrogen-bond donors (Lipinski definition) is 2. The number of hydrazone groups is 1. The molecular formula is C31H21Br3ClN3O5. The highest BCUT2D eigenvalue weighted by molar-refractivity contribution is 9.11. The summed E-state index contributed by atoms with van der Waals surface area (Å²) in [5, 5.41) is 5.38. The molecule has 5 aromatic rings. The second-order valence-corrected chi connectivity index (χ2v) is 12.0. The molecule has 1 amide bonds. The summed E-state index contributed by atoms with van der Waals surface area (Å²) >= 11 is 17.1. The smallest absolute Gasteiger partial charge is 0.343 e. The van der Waals surface area contributed by atoms with Crippen molar-refractivity contribution >= 4 is 88.4 Å². The molecule has 0 saturated heterocycles. The van der Waals surface area contributed by atoms with Crippen molar-refractivity contribution < 1.29 is 23.8 Å². The van der Waals surface area contributed by atoms with Crippen LogP contribution in [-0.2, 0) is 0 Å². The fourth-order valence-corrected chi connectivity index (χ4v) is 6.49. The zero-order valence-electron chi connectivity index (χ0n) is 22.5. The topological polar surface area (TPSA) is 102 Å². The van der Waals surface area contributed by atoms with Gasteiger partial charge in [0.2, 0.25) is 0 Å². The minimum atomic E-state index is -0.577. The molecule has 1 aromatic heterocycles. The third-order valence-electron chi connectivity index (χ3n) is 6.38. The molecule has 8 nitrogen and oxygen atoms in total. The molecule has 43 heavy (non-hydrogen) atoms. The number of hydrogen-bond acceptors (Lipinski definition) is 6. The van der Waals surface area contributed by atoms with Gasteiger partial charge in [-0.15, -0.1) is 0 Å². The minimum absolute atomic E-state index is 0.220. The van der Waals surface area contributed by atoms with E-state index in [1.807, 2.05) is 24.3 Å². The van der Waals surface area contributed by atoms with Crippen molar-refractivity contribution in [2.75, 3.05) is 14.2 Å². The number of carbonyl (C=O) groups excluding carboxylic acids is 2. The van der Waals surface area contributed by atoms with Crippen LogP contribution in [-0.4, -0.2) is 37.3 Å². The first-order chi connectivity index (χ1) is 20.7. The maximum atomic E-state index is 13.6. The van der Waals surface area contributed by atoms with Crippen LogP contribution in [0.3, 0.4) is 0 Å². The number of carbonyl (C=O) groups is 2. The maximum absolute atomic E-state index is 13.6. The van der Waals surface area contributed by atoms with E-state index in [1.54, 1.807) is 62.8 Å². The standard InChI is InChI=1S/C31H21Br3ClN3O5/c1-41-19-9-7-16(8-10-19)31(40)43-29-17(13-18(32)14-22(29)34)15-36-38-30(39)28-25(20-5-3-4-6-23(20)35)26-21(33)11-12-24(42-2)27(26)37-28/h3-15,37H,1-2H3,(H,38,39). The molecular weight excluding hydrogens is 770 g/mol. The second-order valence-electron chi connectivity index (χ2n) is 8.98. The second kappa shape index (κ2) is 13.3. The van der Waals surface area contributed by atoms with Crippen LogP contribution in [0.5, 0.6) is 17.2 Å². The number of nitrogens with one attached hydrogen (secondary N) is 2. The molecule has 12 heteroatoms. The summed E-state index contributed by atoms with van der Waals surface area (Å²) in [6.07, 6.45) is 1.39. The number of methoxy groups -OCH3 is 2. The van der Waals surface area contributed by atoms with Crippen molar-refractivity contribution in [3.8, 4) is 28.4 Å². The molecule has 0 bridgehead atoms. The molecule has 0 radical (unpaired) electrons. The Balaban J connectivity index is 1.48. The van der Waals surface area contributed by atoms with Crippen LogP contribution in [0, 0.1) is 0 Å². The number of esters is 1. The van der Waals surface area contributed by atoms with Crippen molar-refractivity contribution in [1.29, 1.82) is 0 Å². The Kier molecular flexibility index (Phi) is 9.55. The van der Waals surface area contributed by atoms with Gasteiger partial charge in [-0.25, -0.2) is 10.2 Å². The van der Waals surface area contributed by atoms with Gasteiger partial charge in [-0.05, 0) is 70.5 Å². The van der Waals surface area contributed by atoms with Crippen LogP contribution < -0.4 is 19.6 Å². The molecule has 0 aliphatic carbocycles. The number of aromatic nitrogens is 1. The van der Waals surface area contributed by atoms with Crippen LogP contribution in [0.25, 0.3) is 22.0 Å². The van der Waals surface area contributed by atoms with Crippen molar-refractivity contribution in [3.63, 3.8) is 0 Å². The highest BCUT2D eigenvalue weighted by Gasteiger charge is 2.24. The number of rotatable bonds is 8. The van der Waals surface area contributed by atoms with Crippen molar-refractivity contribution in [3.05, 3.63) is 108 Å². The number of aromatic amines is 1. The Morgan fingerprint density at radius 3 is 2.37 bits per heavy atom. The number of H-pyrrole nitrogens is 1. The lowest BCUT2D eigenvalue weighted by Crippen LogP contribution is -2.19. The van der Waals surface area contributed by atoms with Gasteiger partial charge in [0, 0.05) is 36.0 Å². The summed E-state index contributed by atoms with van der Waals surface area (Å²) in [6, 6.07) is 20.9. The predicted octanol–water partition coefficient (Wildman–Crippen LogP) is 8.78. The van der Waals surface area contributed by atoms with Crippen molar-refractivity contribution in [2.24, 2.45) is 5.10 Å². The van der Waals surface area contributed by atoms with E-state index >= 15 is 0 Å². The molecule has 0 spiro atoms. The highest BCUT2D eigenvalue weighted by Crippen LogP contribution is 2.43. The Morgan fingerprint density at radius 2 is 1.67 bits per heavy atom. The van der Waals surface area contributed by atoms with Gasteiger partial charge in [-0.2, -0.15) is 5.10 Å². The van der Waals surface area contributed by atoms with Gasteiger partial charge in [0.05, 0.1) is 36.0 Å². The van der Waals surface area contributed by atoms with E-state index in [0.29, 0.717) is 53.2 Å². The third-order valence-corrected chi connectivity index (χ3v) is 8.42. The SMILES string of the molecule is COc1ccc(C(=O)Oc2c(Br)cc(Br)cc2C=NNC(=O)c2[nH]c3c(OC)ccc(Br)c3c2-c2ccccc2Cl)cc1. The van der Waals surface area contributed by atoms with Crippen molar-refractivity contribution in [2.45, 2.75) is 0 Å². The van der Waals surface area contributed by atoms with E-state index in [1.165, 1.54) is 6.21 Å². The van der Waals surface area contributed by atoms with Crippen LogP contribution in [0.15, 0.2) is 91.3 Å². The third kappa shape index (κ3) is 6.50. The Hall–Kier alpha value is -3.64. The van der Waals surface area contributed by atoms with Gasteiger partial charge in [0.25, 0.3) is 5.91 Å². The van der Waals surface area contributed by atoms with Gasteiger partial charge in [0.1, 0.15) is 17.2 Å². The summed E-state index contributed by atoms with van der Waals surface area (Å²) in [6.45, 7) is 0. The lowest BCUT2D eigenvalue weighted by Gasteiger charge is -2.11. The van der Waals surface area contributed by atoms with Crippen molar-refractivity contribution in [1.82, 2.24) is 10.4 Å². The van der Waals surface area contributed by atoms with Gasteiger partial charge in [-0.1, -0.05) is 61.7 Å². The fourth-order valence-electron chi connectivity index (χ4n) is 4.39. The van der Waals surface area contributed by atoms with Gasteiger partial charge in [0.15, 0.2) is 5.75 Å². The first kappa shape index (κ1) is 30.8. The summed E-state index contributed by atoms with van der Waals surface area (Å²) < 4.78 is 18.4. The minimum Gasteiger partial charge on any atom is -0.497 e. The normalized spacial score (nSPS) is 11.1. The van der Waals surface area contributed by atoms with E-state index in [0.717, 1.165) is 9.86 Å². The summed E-state index contributed by atoms with van der Waals surface area (Å²) in [5.74, 6) is 0.284. The van der Waals surface area contributed by atoms with Gasteiger partial charge >= 0.3 is 5.97 Å². The van der Waals surface area contributed by atoms with Crippen LogP contribution in [0.1, 0.15) is 26.4 Å². The number of nitrogens with zero attached hydrogens (tertiary/aromatic N) is 1. The molecule has 0 saturated carbocycles. The summed E-state index contributed by atoms with van der Waals surface area (Å²) in [5.41, 5.74) is 5.41. The lowest BCUT2D eigenvalue weighted by atomic mass is 10.0. The number of benzene rings is 4. The highest BCUT2D eigenvalue weighted by atomic mass is 79.9. The number of ether oxygens (including phenoxy) is 3. The van der Waals surface area contributed by atoms with E-state index in [2.05, 4.69) is 63.3 Å². The molecule has 0 atom stereocenters. The van der Waals surface area contributed by atoms with Gasteiger partial charge < -0.3 is 19.2 Å². The number of fused-ring (bicyclic) bond motifs is 1. The van der Waals surface area contributed by atoms with E-state index in [4.69, 9.17) is 25.8 Å². The lowest BCUT2D eigenvalue weighted by molar-refractivity contribution is 0.0732. The number of halogens is 4. The molecule has 2 N–H and O–H groups in total. The number of amides is 1. The average Bonchev–Trinajstić information content (AvgIpc) is 3.40. The fraction of sp³-hybridized carbons (Fsp3) is 0.0645. The zero-order chi connectivity index (χ0) is 30.7. The molecule has 5 rings (SSSR count). The maximum Gasteiger partial charge on any atom is 0.343 e. The van der Waals surface area contributed by atoms with Crippen LogP contribution in [0.4, 0.5) is 0 Å². The zero-order valence-corrected chi connectivity index (χ0v) is 28.0. The Bertz CT molecular complexity index is 1890. The summed E-state index contributed by atoms with van der Waals surface area (Å²) in [4.78, 5) is 29.7. The first-order valence-corrected chi connectivity index (χ1v) is 15.3. The average molecular weight is 791 g/mol. The predicted molar refractivity (Wildman–Crippen MR) is 178 cm³/mol. The molecule has 0 fully saturated rings. The first-order valence-electron chi connectivity index (χ1n) is 12.5.